The van der Waals surface area contributed by atoms with Gasteiger partial charge in [0.25, 0.3) is 0 Å². The molecule has 0 saturated heterocycles. The maximum atomic E-state index is 4.87. The van der Waals surface area contributed by atoms with Crippen molar-refractivity contribution in [2.24, 2.45) is 0 Å². The molecule has 0 unspecified atom stereocenters. The summed E-state index contributed by atoms with van der Waals surface area (Å²) < 4.78 is 3.50. The number of rotatable bonds is 3. The average Bonchev–Trinajstić information content (AvgIpc) is 3.25. The van der Waals surface area contributed by atoms with E-state index in [0.29, 0.717) is 0 Å². The lowest BCUT2D eigenvalue weighted by Gasteiger charge is -2.22. The van der Waals surface area contributed by atoms with Gasteiger partial charge in [-0.15, -0.1) is 11.3 Å². The van der Waals surface area contributed by atoms with Crippen LogP contribution < -0.4 is 0 Å². The van der Waals surface area contributed by atoms with Gasteiger partial charge in [0, 0.05) is 11.8 Å². The van der Waals surface area contributed by atoms with Crippen LogP contribution in [0.3, 0.4) is 0 Å². The summed E-state index contributed by atoms with van der Waals surface area (Å²) in [5.41, 5.74) is 6.12. The van der Waals surface area contributed by atoms with Crippen molar-refractivity contribution >= 4 is 45.2 Å². The molecule has 2 aromatic carbocycles. The Morgan fingerprint density at radius 2 is 1.77 bits per heavy atom. The second kappa shape index (κ2) is 7.00. The van der Waals surface area contributed by atoms with Crippen molar-refractivity contribution in [2.45, 2.75) is 51.9 Å². The Kier molecular flexibility index (Phi) is 4.61. The Hall–Kier alpha value is -2.50. The fraction of sp³-hybridized carbons (Fsp3) is 0.308. The van der Waals surface area contributed by atoms with Crippen molar-refractivity contribution in [2.75, 3.05) is 0 Å². The Bertz CT molecular complexity index is 1430. The standard InChI is InChI=1S/C26H29N3SSi/c1-26(2,3)20-14-18(13-17-9-7-8-10-19(17)20)23-24-22(11-12-27-23)29-16-28-21(25(29)30-24)15-31(4,5)6/h7-14,16H,15H2,1-6H3. The maximum absolute atomic E-state index is 4.87. The molecule has 5 heteroatoms. The zero-order chi connectivity index (χ0) is 22.0. The number of hydrogen-bond acceptors (Lipinski definition) is 3. The second-order valence-electron chi connectivity index (χ2n) is 10.7. The Balaban J connectivity index is 1.77. The molecule has 3 aromatic heterocycles. The smallest absolute Gasteiger partial charge is 0.123 e. The van der Waals surface area contributed by atoms with E-state index in [9.17, 15) is 0 Å². The number of aromatic nitrogens is 3. The monoisotopic (exact) mass is 443 g/mol. The van der Waals surface area contributed by atoms with Crippen molar-refractivity contribution < 1.29 is 0 Å². The molecule has 0 N–H and O–H groups in total. The minimum absolute atomic E-state index is 0.0560. The molecular formula is C26H29N3SSi. The molecule has 0 bridgehead atoms. The number of fused-ring (bicyclic) bond motifs is 4. The minimum Gasteiger partial charge on any atom is -0.289 e. The van der Waals surface area contributed by atoms with Crippen molar-refractivity contribution in [3.8, 4) is 11.3 Å². The summed E-state index contributed by atoms with van der Waals surface area (Å²) in [6.07, 6.45) is 3.93. The van der Waals surface area contributed by atoms with Gasteiger partial charge in [-0.25, -0.2) is 4.98 Å². The SMILES string of the molecule is CC(C)(C)c1cc(-c2nccc3c2sc2c(C[Si](C)(C)C)ncn23)cc2ccccc12. The highest BCUT2D eigenvalue weighted by atomic mass is 32.1. The number of pyridine rings is 1. The molecule has 5 rings (SSSR count). The summed E-state index contributed by atoms with van der Waals surface area (Å²) in [6, 6.07) is 16.6. The average molecular weight is 444 g/mol. The maximum Gasteiger partial charge on any atom is 0.123 e. The lowest BCUT2D eigenvalue weighted by Crippen LogP contribution is -2.24. The fourth-order valence-corrected chi connectivity index (χ4v) is 6.99. The molecule has 3 nitrogen and oxygen atoms in total. The Morgan fingerprint density at radius 1 is 1.00 bits per heavy atom. The van der Waals surface area contributed by atoms with Crippen LogP contribution in [0.15, 0.2) is 55.0 Å². The topological polar surface area (TPSA) is 30.2 Å². The van der Waals surface area contributed by atoms with E-state index in [1.807, 2.05) is 23.9 Å². The zero-order valence-electron chi connectivity index (χ0n) is 19.2. The van der Waals surface area contributed by atoms with Gasteiger partial charge in [-0.2, -0.15) is 0 Å². The molecule has 31 heavy (non-hydrogen) atoms. The summed E-state index contributed by atoms with van der Waals surface area (Å²) >= 11 is 1.84. The van der Waals surface area contributed by atoms with Crippen LogP contribution in [0.25, 0.3) is 37.1 Å². The van der Waals surface area contributed by atoms with E-state index in [2.05, 4.69) is 87.3 Å². The van der Waals surface area contributed by atoms with Crippen LogP contribution in [0.1, 0.15) is 32.0 Å². The predicted molar refractivity (Wildman–Crippen MR) is 137 cm³/mol. The van der Waals surface area contributed by atoms with Gasteiger partial charge in [0.2, 0.25) is 0 Å². The van der Waals surface area contributed by atoms with E-state index in [1.165, 1.54) is 42.6 Å². The Morgan fingerprint density at radius 3 is 2.52 bits per heavy atom. The molecule has 0 fully saturated rings. The predicted octanol–water partition coefficient (Wildman–Crippen LogP) is 7.48. The first kappa shape index (κ1) is 20.4. The molecule has 5 aromatic rings. The van der Waals surface area contributed by atoms with Crippen molar-refractivity contribution in [3.05, 3.63) is 66.2 Å². The normalized spacial score (nSPS) is 13.0. The highest BCUT2D eigenvalue weighted by molar-refractivity contribution is 7.24. The molecule has 0 amide bonds. The van der Waals surface area contributed by atoms with E-state index in [4.69, 9.17) is 9.97 Å². The summed E-state index contributed by atoms with van der Waals surface area (Å²) in [4.78, 5) is 10.9. The molecule has 0 aliphatic heterocycles. The third-order valence-electron chi connectivity index (χ3n) is 5.78. The van der Waals surface area contributed by atoms with Gasteiger partial charge in [0.1, 0.15) is 11.2 Å². The summed E-state index contributed by atoms with van der Waals surface area (Å²) in [5, 5.41) is 2.60. The number of imidazole rings is 1. The lowest BCUT2D eigenvalue weighted by atomic mass is 9.82. The van der Waals surface area contributed by atoms with Crippen LogP contribution in [0.5, 0.6) is 0 Å². The number of benzene rings is 2. The molecule has 0 aliphatic rings. The van der Waals surface area contributed by atoms with Crippen LogP contribution in [0, 0.1) is 0 Å². The van der Waals surface area contributed by atoms with E-state index < -0.39 is 8.07 Å². The van der Waals surface area contributed by atoms with Gasteiger partial charge in [-0.05, 0) is 46.0 Å². The molecule has 0 aliphatic carbocycles. The van der Waals surface area contributed by atoms with Crippen LogP contribution in [0.4, 0.5) is 0 Å². The van der Waals surface area contributed by atoms with Gasteiger partial charge >= 0.3 is 0 Å². The highest BCUT2D eigenvalue weighted by Crippen LogP contribution is 2.39. The first-order valence-corrected chi connectivity index (χ1v) is 15.4. The first-order valence-electron chi connectivity index (χ1n) is 10.9. The van der Waals surface area contributed by atoms with E-state index in [0.717, 1.165) is 11.7 Å². The molecule has 158 valence electrons. The fourth-order valence-electron chi connectivity index (χ4n) is 4.38. The van der Waals surface area contributed by atoms with E-state index in [1.54, 1.807) is 0 Å². The van der Waals surface area contributed by atoms with Crippen LogP contribution in [-0.2, 0) is 11.5 Å². The Labute approximate surface area is 188 Å². The van der Waals surface area contributed by atoms with Crippen molar-refractivity contribution in [1.29, 1.82) is 0 Å². The molecule has 0 saturated carbocycles. The number of hydrogen-bond donors (Lipinski definition) is 0. The van der Waals surface area contributed by atoms with Gasteiger partial charge in [0.15, 0.2) is 0 Å². The highest BCUT2D eigenvalue weighted by Gasteiger charge is 2.22. The second-order valence-corrected chi connectivity index (χ2v) is 17.2. The largest absolute Gasteiger partial charge is 0.289 e. The van der Waals surface area contributed by atoms with Crippen LogP contribution in [-0.4, -0.2) is 22.4 Å². The number of nitrogens with zero attached hydrogens (tertiary/aromatic N) is 3. The van der Waals surface area contributed by atoms with Gasteiger partial charge < -0.3 is 0 Å². The van der Waals surface area contributed by atoms with Crippen molar-refractivity contribution in [1.82, 2.24) is 14.4 Å². The third-order valence-corrected chi connectivity index (χ3v) is 8.41. The molecule has 0 atom stereocenters. The van der Waals surface area contributed by atoms with Crippen LogP contribution >= 0.6 is 11.3 Å². The molecule has 0 radical (unpaired) electrons. The van der Waals surface area contributed by atoms with Crippen LogP contribution in [0.2, 0.25) is 19.6 Å². The van der Waals surface area contributed by atoms with Gasteiger partial charge in [0.05, 0.1) is 29.7 Å². The summed E-state index contributed by atoms with van der Waals surface area (Å²) in [5.74, 6) is 0. The quantitative estimate of drug-likeness (QED) is 0.271. The third kappa shape index (κ3) is 3.60. The summed E-state index contributed by atoms with van der Waals surface area (Å²) in [6.45, 7) is 14.1. The van der Waals surface area contributed by atoms with Crippen molar-refractivity contribution in [3.63, 3.8) is 0 Å². The minimum atomic E-state index is -1.25. The number of thiazole rings is 1. The first-order chi connectivity index (χ1) is 14.6. The van der Waals surface area contributed by atoms with Gasteiger partial charge in [-0.1, -0.05) is 64.7 Å². The zero-order valence-corrected chi connectivity index (χ0v) is 21.0. The molecule has 0 spiro atoms. The van der Waals surface area contributed by atoms with E-state index in [-0.39, 0.29) is 5.41 Å². The van der Waals surface area contributed by atoms with E-state index >= 15 is 0 Å². The summed E-state index contributed by atoms with van der Waals surface area (Å²) in [7, 11) is -1.25. The van der Waals surface area contributed by atoms with Gasteiger partial charge in [-0.3, -0.25) is 9.38 Å². The molecular weight excluding hydrogens is 414 g/mol. The molecule has 3 heterocycles. The lowest BCUT2D eigenvalue weighted by molar-refractivity contribution is 0.596.